The van der Waals surface area contributed by atoms with Gasteiger partial charge in [-0.2, -0.15) is 0 Å². The van der Waals surface area contributed by atoms with Crippen molar-refractivity contribution in [2.75, 3.05) is 6.67 Å². The molecule has 112 valence electrons. The van der Waals surface area contributed by atoms with Crippen LogP contribution in [-0.4, -0.2) is 16.5 Å². The molecule has 3 rings (SSSR count). The lowest BCUT2D eigenvalue weighted by Gasteiger charge is -2.27. The topological polar surface area (TPSA) is 6.48 Å². The van der Waals surface area contributed by atoms with Gasteiger partial charge in [0.05, 0.1) is 18.1 Å². The van der Waals surface area contributed by atoms with Crippen LogP contribution < -0.4 is 0 Å². The third-order valence-corrected chi connectivity index (χ3v) is 4.37. The van der Waals surface area contributed by atoms with Gasteiger partial charge in [-0.15, -0.1) is 0 Å². The summed E-state index contributed by atoms with van der Waals surface area (Å²) in [6.45, 7) is 14.5. The van der Waals surface area contributed by atoms with E-state index in [0.29, 0.717) is 0 Å². The van der Waals surface area contributed by atoms with Crippen LogP contribution in [0.15, 0.2) is 59.2 Å². The molecule has 0 aromatic rings. The van der Waals surface area contributed by atoms with Gasteiger partial charge in [0.2, 0.25) is 0 Å². The average molecular weight is 282 g/mol. The third-order valence-electron chi connectivity index (χ3n) is 4.37. The van der Waals surface area contributed by atoms with Crippen molar-refractivity contribution in [3.63, 3.8) is 0 Å². The molecular formula is C19H26N2. The summed E-state index contributed by atoms with van der Waals surface area (Å²) in [6.07, 6.45) is 13.6. The Hall–Kier alpha value is -1.70. The summed E-state index contributed by atoms with van der Waals surface area (Å²) in [5.41, 5.74) is 5.81. The first-order valence-electron chi connectivity index (χ1n) is 7.74. The van der Waals surface area contributed by atoms with E-state index >= 15 is 0 Å². The maximum Gasteiger partial charge on any atom is 0.0989 e. The second-order valence-electron chi connectivity index (χ2n) is 8.18. The fourth-order valence-electron chi connectivity index (χ4n) is 2.84. The number of nitrogens with zero attached hydrogens (tertiary/aromatic N) is 2. The van der Waals surface area contributed by atoms with Crippen LogP contribution in [0.3, 0.4) is 0 Å². The minimum absolute atomic E-state index is 0.185. The van der Waals surface area contributed by atoms with Crippen molar-refractivity contribution in [2.45, 2.75) is 41.5 Å². The van der Waals surface area contributed by atoms with Gasteiger partial charge in [-0.25, -0.2) is 0 Å². The van der Waals surface area contributed by atoms with E-state index in [-0.39, 0.29) is 10.8 Å². The van der Waals surface area contributed by atoms with E-state index in [1.165, 1.54) is 22.5 Å². The fraction of sp³-hybridized carbons (Fsp3) is 0.474. The zero-order valence-corrected chi connectivity index (χ0v) is 14.1. The summed E-state index contributed by atoms with van der Waals surface area (Å²) < 4.78 is 0. The van der Waals surface area contributed by atoms with Crippen LogP contribution in [0.1, 0.15) is 41.5 Å². The average Bonchev–Trinajstić information content (AvgIpc) is 2.73. The van der Waals surface area contributed by atoms with Gasteiger partial charge in [-0.05, 0) is 46.3 Å². The first-order valence-corrected chi connectivity index (χ1v) is 7.74. The lowest BCUT2D eigenvalue weighted by atomic mass is 9.83. The molecule has 21 heavy (non-hydrogen) atoms. The van der Waals surface area contributed by atoms with Crippen LogP contribution >= 0.6 is 0 Å². The molecule has 0 saturated carbocycles. The molecule has 0 N–H and O–H groups in total. The molecule has 0 radical (unpaired) electrons. The van der Waals surface area contributed by atoms with Crippen LogP contribution in [0.25, 0.3) is 0 Å². The summed E-state index contributed by atoms with van der Waals surface area (Å²) in [5.74, 6) is 0. The number of fused-ring (bicyclic) bond motifs is 2. The van der Waals surface area contributed by atoms with E-state index in [1.54, 1.807) is 0 Å². The summed E-state index contributed by atoms with van der Waals surface area (Å²) in [4.78, 5) is 4.66. The Labute approximate surface area is 128 Å². The smallest absolute Gasteiger partial charge is 0.0989 e. The zero-order valence-electron chi connectivity index (χ0n) is 14.1. The highest BCUT2D eigenvalue weighted by Gasteiger charge is 2.31. The highest BCUT2D eigenvalue weighted by Crippen LogP contribution is 2.39. The van der Waals surface area contributed by atoms with Crippen molar-refractivity contribution < 1.29 is 0 Å². The van der Waals surface area contributed by atoms with E-state index in [0.717, 1.165) is 6.67 Å². The summed E-state index contributed by atoms with van der Waals surface area (Å²) in [7, 11) is 0. The maximum absolute atomic E-state index is 2.35. The van der Waals surface area contributed by atoms with Crippen molar-refractivity contribution in [3.8, 4) is 0 Å². The molecule has 0 amide bonds. The molecule has 3 aliphatic rings. The SMILES string of the molecule is CC(C)(C)C1=CC2=C3C=C(C(C)(C)C)C=CN3CN2C=C1. The Morgan fingerprint density at radius 1 is 0.714 bits per heavy atom. The molecule has 0 bridgehead atoms. The van der Waals surface area contributed by atoms with Crippen molar-refractivity contribution in [1.82, 2.24) is 9.80 Å². The molecule has 3 aliphatic heterocycles. The maximum atomic E-state index is 2.35. The van der Waals surface area contributed by atoms with Gasteiger partial charge in [0.25, 0.3) is 0 Å². The normalized spacial score (nSPS) is 21.4. The van der Waals surface area contributed by atoms with Gasteiger partial charge in [-0.3, -0.25) is 0 Å². The summed E-state index contributed by atoms with van der Waals surface area (Å²) in [6, 6.07) is 0. The number of allylic oxidation sites excluding steroid dienone is 6. The number of hydrogen-bond acceptors (Lipinski definition) is 2. The van der Waals surface area contributed by atoms with Gasteiger partial charge in [0, 0.05) is 12.4 Å². The van der Waals surface area contributed by atoms with Gasteiger partial charge in [0.1, 0.15) is 0 Å². The molecular weight excluding hydrogens is 256 g/mol. The van der Waals surface area contributed by atoms with Crippen molar-refractivity contribution in [1.29, 1.82) is 0 Å². The zero-order chi connectivity index (χ0) is 15.4. The van der Waals surface area contributed by atoms with Crippen molar-refractivity contribution in [3.05, 3.63) is 59.2 Å². The quantitative estimate of drug-likeness (QED) is 0.631. The van der Waals surface area contributed by atoms with Gasteiger partial charge in [-0.1, -0.05) is 41.5 Å². The fourth-order valence-corrected chi connectivity index (χ4v) is 2.84. The highest BCUT2D eigenvalue weighted by molar-refractivity contribution is 5.49. The van der Waals surface area contributed by atoms with Crippen molar-refractivity contribution >= 4 is 0 Å². The molecule has 0 aliphatic carbocycles. The van der Waals surface area contributed by atoms with Gasteiger partial charge >= 0.3 is 0 Å². The molecule has 0 spiro atoms. The molecule has 2 heteroatoms. The summed E-state index contributed by atoms with van der Waals surface area (Å²) >= 11 is 0. The first-order chi connectivity index (χ1) is 9.66. The minimum Gasteiger partial charge on any atom is -0.328 e. The lowest BCUT2D eigenvalue weighted by Crippen LogP contribution is -2.23. The highest BCUT2D eigenvalue weighted by atomic mass is 15.4. The largest absolute Gasteiger partial charge is 0.328 e. The predicted octanol–water partition coefficient (Wildman–Crippen LogP) is 4.77. The standard InChI is InChI=1S/C19H26N2/c1-18(2,3)14-7-9-20-13-21-10-8-15(19(4,5)6)12-17(21)16(20)11-14/h7-12H,13H2,1-6H3. The Balaban J connectivity index is 2.07. The van der Waals surface area contributed by atoms with Crippen molar-refractivity contribution in [2.24, 2.45) is 10.8 Å². The Morgan fingerprint density at radius 3 is 1.43 bits per heavy atom. The molecule has 0 aromatic carbocycles. The van der Waals surface area contributed by atoms with E-state index in [9.17, 15) is 0 Å². The molecule has 3 heterocycles. The van der Waals surface area contributed by atoms with E-state index in [2.05, 4.69) is 88.0 Å². The number of rotatable bonds is 0. The molecule has 0 fully saturated rings. The third kappa shape index (κ3) is 2.48. The van der Waals surface area contributed by atoms with Gasteiger partial charge in [0.15, 0.2) is 0 Å². The van der Waals surface area contributed by atoms with E-state index in [1.807, 2.05) is 0 Å². The molecule has 0 atom stereocenters. The van der Waals surface area contributed by atoms with Crippen LogP contribution in [0.4, 0.5) is 0 Å². The molecule has 0 aromatic heterocycles. The van der Waals surface area contributed by atoms with Crippen LogP contribution in [0.2, 0.25) is 0 Å². The van der Waals surface area contributed by atoms with Gasteiger partial charge < -0.3 is 9.80 Å². The predicted molar refractivity (Wildman–Crippen MR) is 88.9 cm³/mol. The van der Waals surface area contributed by atoms with Crippen LogP contribution in [0, 0.1) is 10.8 Å². The van der Waals surface area contributed by atoms with E-state index in [4.69, 9.17) is 0 Å². The van der Waals surface area contributed by atoms with Crippen LogP contribution in [0.5, 0.6) is 0 Å². The first kappa shape index (κ1) is 14.2. The molecule has 2 nitrogen and oxygen atoms in total. The Kier molecular flexibility index (Phi) is 2.98. The second kappa shape index (κ2) is 4.40. The Morgan fingerprint density at radius 2 is 1.10 bits per heavy atom. The van der Waals surface area contributed by atoms with E-state index < -0.39 is 0 Å². The number of hydrogen-bond donors (Lipinski definition) is 0. The van der Waals surface area contributed by atoms with Crippen LogP contribution in [-0.2, 0) is 0 Å². The molecule has 0 saturated heterocycles. The summed E-state index contributed by atoms with van der Waals surface area (Å²) in [5, 5.41) is 0. The monoisotopic (exact) mass is 282 g/mol. The Bertz CT molecular complexity index is 559. The second-order valence-corrected chi connectivity index (χ2v) is 8.18. The molecule has 0 unspecified atom stereocenters. The lowest BCUT2D eigenvalue weighted by molar-refractivity contribution is 0.367. The minimum atomic E-state index is 0.185.